The van der Waals surface area contributed by atoms with Gasteiger partial charge < -0.3 is 10.3 Å². The van der Waals surface area contributed by atoms with Gasteiger partial charge in [-0.2, -0.15) is 5.26 Å². The smallest absolute Gasteiger partial charge is 0.119 e. The first-order valence-electron chi connectivity index (χ1n) is 6.86. The van der Waals surface area contributed by atoms with Crippen LogP contribution in [-0.2, 0) is 12.8 Å². The molecule has 0 unspecified atom stereocenters. The third kappa shape index (κ3) is 4.13. The van der Waals surface area contributed by atoms with Crippen LogP contribution in [-0.4, -0.2) is 15.5 Å². The Balaban J connectivity index is 1.84. The zero-order chi connectivity index (χ0) is 14.4. The van der Waals surface area contributed by atoms with Gasteiger partial charge in [0.25, 0.3) is 0 Å². The van der Waals surface area contributed by atoms with E-state index in [-0.39, 0.29) is 0 Å². The molecule has 0 aliphatic rings. The second-order valence-electron chi connectivity index (χ2n) is 5.45. The molecule has 0 aliphatic heterocycles. The van der Waals surface area contributed by atoms with Gasteiger partial charge in [0.1, 0.15) is 11.4 Å². The lowest BCUT2D eigenvalue weighted by Gasteiger charge is -2.19. The second kappa shape index (κ2) is 6.25. The maximum Gasteiger partial charge on any atom is 0.119 e. The Morgan fingerprint density at radius 2 is 2.00 bits per heavy atom. The number of nitriles is 1. The van der Waals surface area contributed by atoms with Gasteiger partial charge in [-0.15, -0.1) is 0 Å². The molecule has 4 heteroatoms. The van der Waals surface area contributed by atoms with Crippen molar-refractivity contribution in [3.05, 3.63) is 48.0 Å². The van der Waals surface area contributed by atoms with Crippen molar-refractivity contribution in [2.24, 2.45) is 0 Å². The van der Waals surface area contributed by atoms with Crippen molar-refractivity contribution in [1.82, 2.24) is 9.97 Å². The summed E-state index contributed by atoms with van der Waals surface area (Å²) in [6, 6.07) is 10.5. The molecule has 1 aromatic heterocycles. The normalized spacial score (nSPS) is 11.1. The van der Waals surface area contributed by atoms with Gasteiger partial charge in [0.15, 0.2) is 0 Å². The van der Waals surface area contributed by atoms with Crippen molar-refractivity contribution >= 4 is 5.69 Å². The summed E-state index contributed by atoms with van der Waals surface area (Å²) in [5.41, 5.74) is 1.74. The van der Waals surface area contributed by atoms with Crippen molar-refractivity contribution in [1.29, 1.82) is 5.26 Å². The molecule has 0 bridgehead atoms. The fraction of sp³-hybridized carbons (Fsp3) is 0.375. The highest BCUT2D eigenvalue weighted by atomic mass is 15.0. The van der Waals surface area contributed by atoms with Crippen molar-refractivity contribution in [2.75, 3.05) is 5.32 Å². The quantitative estimate of drug-likeness (QED) is 0.844. The summed E-state index contributed by atoms with van der Waals surface area (Å²) in [5, 5.41) is 12.2. The van der Waals surface area contributed by atoms with Gasteiger partial charge >= 0.3 is 0 Å². The average molecular weight is 268 g/mol. The van der Waals surface area contributed by atoms with E-state index in [4.69, 9.17) is 5.26 Å². The molecule has 1 aromatic carbocycles. The number of H-pyrrole nitrogens is 1. The van der Waals surface area contributed by atoms with Gasteiger partial charge in [0.05, 0.1) is 6.07 Å². The van der Waals surface area contributed by atoms with Crippen LogP contribution < -0.4 is 5.32 Å². The second-order valence-corrected chi connectivity index (χ2v) is 5.45. The number of anilines is 1. The first kappa shape index (κ1) is 14.1. The van der Waals surface area contributed by atoms with Gasteiger partial charge in [-0.1, -0.05) is 12.1 Å². The highest BCUT2D eigenvalue weighted by molar-refractivity contribution is 5.48. The number of hydrogen-bond donors (Lipinski definition) is 2. The number of hydrogen-bond acceptors (Lipinski definition) is 3. The van der Waals surface area contributed by atoms with Crippen molar-refractivity contribution in [3.63, 3.8) is 0 Å². The van der Waals surface area contributed by atoms with Gasteiger partial charge in [-0.25, -0.2) is 4.98 Å². The molecule has 104 valence electrons. The van der Waals surface area contributed by atoms with Crippen LogP contribution in [0.4, 0.5) is 5.69 Å². The molecule has 2 rings (SSSR count). The Bertz CT molecular complexity index is 562. The summed E-state index contributed by atoms with van der Waals surface area (Å²) in [5.74, 6) is 1.04. The van der Waals surface area contributed by atoms with E-state index in [9.17, 15) is 0 Å². The minimum atomic E-state index is -0.541. The Morgan fingerprint density at radius 1 is 1.25 bits per heavy atom. The zero-order valence-electron chi connectivity index (χ0n) is 12.0. The predicted molar refractivity (Wildman–Crippen MR) is 80.4 cm³/mol. The molecule has 0 saturated heterocycles. The number of rotatable bonds is 6. The monoisotopic (exact) mass is 268 g/mol. The molecule has 2 aromatic rings. The summed E-state index contributed by atoms with van der Waals surface area (Å²) >= 11 is 0. The van der Waals surface area contributed by atoms with E-state index >= 15 is 0 Å². The Labute approximate surface area is 119 Å². The van der Waals surface area contributed by atoms with Crippen LogP contribution >= 0.6 is 0 Å². The maximum atomic E-state index is 9.00. The first-order valence-corrected chi connectivity index (χ1v) is 6.86. The van der Waals surface area contributed by atoms with E-state index < -0.39 is 5.54 Å². The fourth-order valence-electron chi connectivity index (χ4n) is 2.04. The van der Waals surface area contributed by atoms with Crippen LogP contribution in [0.2, 0.25) is 0 Å². The molecule has 0 aliphatic carbocycles. The summed E-state index contributed by atoms with van der Waals surface area (Å²) in [6.45, 7) is 3.73. The molecule has 0 amide bonds. The molecule has 0 fully saturated rings. The zero-order valence-corrected chi connectivity index (χ0v) is 12.0. The average Bonchev–Trinajstić information content (AvgIpc) is 2.94. The van der Waals surface area contributed by atoms with E-state index in [0.717, 1.165) is 30.8 Å². The molecule has 1 heterocycles. The highest BCUT2D eigenvalue weighted by Crippen LogP contribution is 2.16. The third-order valence-electron chi connectivity index (χ3n) is 3.12. The number of nitrogens with zero attached hydrogens (tertiary/aromatic N) is 2. The van der Waals surface area contributed by atoms with Crippen LogP contribution in [0.3, 0.4) is 0 Å². The van der Waals surface area contributed by atoms with Gasteiger partial charge in [-0.3, -0.25) is 0 Å². The molecular weight excluding hydrogens is 248 g/mol. The van der Waals surface area contributed by atoms with Gasteiger partial charge in [0, 0.05) is 24.5 Å². The van der Waals surface area contributed by atoms with E-state index in [1.165, 1.54) is 5.56 Å². The summed E-state index contributed by atoms with van der Waals surface area (Å²) in [6.07, 6.45) is 6.71. The number of benzene rings is 1. The predicted octanol–water partition coefficient (Wildman–Crippen LogP) is 3.30. The molecule has 20 heavy (non-hydrogen) atoms. The lowest BCUT2D eigenvalue weighted by Crippen LogP contribution is -2.28. The summed E-state index contributed by atoms with van der Waals surface area (Å²) in [7, 11) is 0. The summed E-state index contributed by atoms with van der Waals surface area (Å²) < 4.78 is 0. The summed E-state index contributed by atoms with van der Waals surface area (Å²) in [4.78, 5) is 7.33. The lowest BCUT2D eigenvalue weighted by molar-refractivity contribution is 0.728. The van der Waals surface area contributed by atoms with Crippen LogP contribution in [0.1, 0.15) is 31.7 Å². The van der Waals surface area contributed by atoms with Gasteiger partial charge in [0.2, 0.25) is 0 Å². The van der Waals surface area contributed by atoms with Crippen LogP contribution in [0, 0.1) is 11.3 Å². The van der Waals surface area contributed by atoms with E-state index in [2.05, 4.69) is 33.5 Å². The molecule has 0 radical (unpaired) electrons. The maximum absolute atomic E-state index is 9.00. The molecule has 2 N–H and O–H groups in total. The number of nitrogens with one attached hydrogen (secondary N) is 2. The van der Waals surface area contributed by atoms with E-state index in [1.807, 2.05) is 32.2 Å². The standard InChI is InChI=1S/C16H20N4/c1-16(2,12-17)20-14-8-6-13(7-9-14)4-3-5-15-18-10-11-19-15/h6-11,20H,3-5H2,1-2H3,(H,18,19). The number of aromatic nitrogens is 2. The molecule has 0 saturated carbocycles. The van der Waals surface area contributed by atoms with Crippen LogP contribution in [0.5, 0.6) is 0 Å². The minimum Gasteiger partial charge on any atom is -0.368 e. The van der Waals surface area contributed by atoms with Gasteiger partial charge in [-0.05, 0) is 44.4 Å². The Morgan fingerprint density at radius 3 is 2.60 bits per heavy atom. The highest BCUT2D eigenvalue weighted by Gasteiger charge is 2.15. The minimum absolute atomic E-state index is 0.541. The fourth-order valence-corrected chi connectivity index (χ4v) is 2.04. The van der Waals surface area contributed by atoms with Crippen molar-refractivity contribution in [2.45, 2.75) is 38.6 Å². The first-order chi connectivity index (χ1) is 9.59. The lowest BCUT2D eigenvalue weighted by atomic mass is 10.1. The number of aryl methyl sites for hydroxylation is 2. The SMILES string of the molecule is CC(C)(C#N)Nc1ccc(CCCc2ncc[nH]2)cc1. The Kier molecular flexibility index (Phi) is 4.41. The molecule has 4 nitrogen and oxygen atoms in total. The molecular formula is C16H20N4. The van der Waals surface area contributed by atoms with E-state index in [0.29, 0.717) is 0 Å². The molecule has 0 spiro atoms. The van der Waals surface area contributed by atoms with Crippen LogP contribution in [0.15, 0.2) is 36.7 Å². The van der Waals surface area contributed by atoms with Crippen molar-refractivity contribution in [3.8, 4) is 6.07 Å². The number of imidazole rings is 1. The Hall–Kier alpha value is -2.28. The van der Waals surface area contributed by atoms with Crippen LogP contribution in [0.25, 0.3) is 0 Å². The molecule has 0 atom stereocenters. The van der Waals surface area contributed by atoms with E-state index in [1.54, 1.807) is 6.20 Å². The topological polar surface area (TPSA) is 64.5 Å². The van der Waals surface area contributed by atoms with Crippen molar-refractivity contribution < 1.29 is 0 Å². The third-order valence-corrected chi connectivity index (χ3v) is 3.12. The number of aromatic amines is 1. The largest absolute Gasteiger partial charge is 0.368 e.